The minimum absolute atomic E-state index is 0.0182. The van der Waals surface area contributed by atoms with Gasteiger partial charge in [-0.1, -0.05) is 6.92 Å². The molecule has 14 heavy (non-hydrogen) atoms. The van der Waals surface area contributed by atoms with Gasteiger partial charge in [0.2, 0.25) is 0 Å². The van der Waals surface area contributed by atoms with E-state index in [1.54, 1.807) is 0 Å². The highest BCUT2D eigenvalue weighted by molar-refractivity contribution is 5.03. The Hall–Kier alpha value is -0.0400. The van der Waals surface area contributed by atoms with E-state index in [0.29, 0.717) is 5.41 Å². The fraction of sp³-hybridized carbons (Fsp3) is 1.00. The summed E-state index contributed by atoms with van der Waals surface area (Å²) in [6.45, 7) is 2.51. The van der Waals surface area contributed by atoms with Gasteiger partial charge in [0, 0.05) is 0 Å². The summed E-state index contributed by atoms with van der Waals surface area (Å²) in [5, 5.41) is 9.73. The third-order valence-corrected chi connectivity index (χ3v) is 5.66. The van der Waals surface area contributed by atoms with Gasteiger partial charge in [-0.2, -0.15) is 0 Å². The van der Waals surface area contributed by atoms with Crippen LogP contribution in [0.1, 0.15) is 51.9 Å². The van der Waals surface area contributed by atoms with Crippen LogP contribution < -0.4 is 0 Å². The summed E-state index contributed by atoms with van der Waals surface area (Å²) >= 11 is 0. The Morgan fingerprint density at radius 1 is 1.07 bits per heavy atom. The van der Waals surface area contributed by atoms with Crippen LogP contribution in [0, 0.1) is 23.2 Å². The van der Waals surface area contributed by atoms with E-state index in [1.165, 1.54) is 32.1 Å². The Morgan fingerprint density at radius 2 is 1.86 bits per heavy atom. The first-order valence-corrected chi connectivity index (χ1v) is 6.38. The highest BCUT2D eigenvalue weighted by Crippen LogP contribution is 2.61. The lowest BCUT2D eigenvalue weighted by Crippen LogP contribution is -2.51. The molecule has 1 N–H and O–H groups in total. The molecule has 3 aliphatic carbocycles. The molecule has 0 aromatic heterocycles. The Labute approximate surface area is 86.9 Å². The molecule has 5 atom stereocenters. The van der Waals surface area contributed by atoms with E-state index in [9.17, 15) is 5.11 Å². The van der Waals surface area contributed by atoms with Crippen molar-refractivity contribution in [2.24, 2.45) is 23.2 Å². The quantitative estimate of drug-likeness (QED) is 0.628. The SMILES string of the molecule is CC12CC[C@@H](O)CC1CCC1CCC12. The van der Waals surface area contributed by atoms with Crippen LogP contribution in [0.4, 0.5) is 0 Å². The van der Waals surface area contributed by atoms with E-state index in [4.69, 9.17) is 0 Å². The molecule has 1 heteroatoms. The highest BCUT2D eigenvalue weighted by Gasteiger charge is 2.53. The molecule has 80 valence electrons. The average Bonchev–Trinajstić information content (AvgIpc) is 2.08. The van der Waals surface area contributed by atoms with Crippen molar-refractivity contribution in [2.75, 3.05) is 0 Å². The summed E-state index contributed by atoms with van der Waals surface area (Å²) in [5.41, 5.74) is 0.612. The third kappa shape index (κ3) is 1.11. The molecule has 3 fully saturated rings. The minimum atomic E-state index is 0.0182. The van der Waals surface area contributed by atoms with E-state index in [1.807, 2.05) is 0 Å². The van der Waals surface area contributed by atoms with Crippen LogP contribution in [-0.2, 0) is 0 Å². The molecule has 0 amide bonds. The van der Waals surface area contributed by atoms with Gasteiger partial charge >= 0.3 is 0 Å². The zero-order valence-corrected chi connectivity index (χ0v) is 9.21. The normalized spacial score (nSPS) is 57.0. The van der Waals surface area contributed by atoms with Crippen LogP contribution in [0.2, 0.25) is 0 Å². The van der Waals surface area contributed by atoms with Crippen molar-refractivity contribution in [3.63, 3.8) is 0 Å². The van der Waals surface area contributed by atoms with Gasteiger partial charge in [-0.05, 0) is 68.1 Å². The first-order chi connectivity index (χ1) is 6.70. The average molecular weight is 194 g/mol. The zero-order chi connectivity index (χ0) is 9.76. The van der Waals surface area contributed by atoms with Gasteiger partial charge in [-0.15, -0.1) is 0 Å². The lowest BCUT2D eigenvalue weighted by molar-refractivity contribution is -0.109. The second-order valence-corrected chi connectivity index (χ2v) is 6.15. The molecule has 0 saturated heterocycles. The first kappa shape index (κ1) is 9.21. The number of hydrogen-bond donors (Lipinski definition) is 1. The van der Waals surface area contributed by atoms with Gasteiger partial charge in [-0.3, -0.25) is 0 Å². The standard InChI is InChI=1S/C13H22O/c1-13-7-6-11(14)8-10(13)4-2-9-3-5-12(9)13/h9-12,14H,2-8H2,1H3/t9?,10?,11-,12?,13?/m1/s1. The van der Waals surface area contributed by atoms with Gasteiger partial charge in [0.15, 0.2) is 0 Å². The molecule has 3 aliphatic rings. The van der Waals surface area contributed by atoms with Crippen molar-refractivity contribution in [3.05, 3.63) is 0 Å². The number of hydrogen-bond acceptors (Lipinski definition) is 1. The van der Waals surface area contributed by atoms with Crippen molar-refractivity contribution in [2.45, 2.75) is 58.0 Å². The van der Waals surface area contributed by atoms with Gasteiger partial charge < -0.3 is 5.11 Å². The summed E-state index contributed by atoms with van der Waals surface area (Å²) in [7, 11) is 0. The molecule has 3 saturated carbocycles. The maximum atomic E-state index is 9.73. The van der Waals surface area contributed by atoms with E-state index in [0.717, 1.165) is 30.6 Å². The zero-order valence-electron chi connectivity index (χ0n) is 9.21. The van der Waals surface area contributed by atoms with E-state index >= 15 is 0 Å². The van der Waals surface area contributed by atoms with E-state index in [-0.39, 0.29) is 6.10 Å². The second-order valence-electron chi connectivity index (χ2n) is 6.15. The minimum Gasteiger partial charge on any atom is -0.393 e. The number of rotatable bonds is 0. The molecule has 0 spiro atoms. The predicted octanol–water partition coefficient (Wildman–Crippen LogP) is 2.97. The van der Waals surface area contributed by atoms with Crippen molar-refractivity contribution >= 4 is 0 Å². The predicted molar refractivity (Wildman–Crippen MR) is 56.9 cm³/mol. The number of aliphatic hydroxyl groups is 1. The summed E-state index contributed by atoms with van der Waals surface area (Å²) in [6.07, 6.45) is 9.30. The van der Waals surface area contributed by atoms with E-state index in [2.05, 4.69) is 6.92 Å². The summed E-state index contributed by atoms with van der Waals surface area (Å²) in [6, 6.07) is 0. The molecule has 3 rings (SSSR count). The topological polar surface area (TPSA) is 20.2 Å². The smallest absolute Gasteiger partial charge is 0.0543 e. The fourth-order valence-electron chi connectivity index (χ4n) is 4.53. The van der Waals surface area contributed by atoms with Crippen molar-refractivity contribution in [1.29, 1.82) is 0 Å². The van der Waals surface area contributed by atoms with Crippen LogP contribution in [0.25, 0.3) is 0 Å². The molecule has 0 aliphatic heterocycles. The largest absolute Gasteiger partial charge is 0.393 e. The molecule has 0 radical (unpaired) electrons. The maximum Gasteiger partial charge on any atom is 0.0543 e. The van der Waals surface area contributed by atoms with Gasteiger partial charge in [0.25, 0.3) is 0 Å². The van der Waals surface area contributed by atoms with Gasteiger partial charge in [0.1, 0.15) is 0 Å². The summed E-state index contributed by atoms with van der Waals surface area (Å²) < 4.78 is 0. The maximum absolute atomic E-state index is 9.73. The summed E-state index contributed by atoms with van der Waals surface area (Å²) in [5.74, 6) is 2.92. The Balaban J connectivity index is 1.82. The van der Waals surface area contributed by atoms with Crippen LogP contribution in [-0.4, -0.2) is 11.2 Å². The number of aliphatic hydroxyl groups excluding tert-OH is 1. The molecular weight excluding hydrogens is 172 g/mol. The highest BCUT2D eigenvalue weighted by atomic mass is 16.3. The first-order valence-electron chi connectivity index (χ1n) is 6.38. The van der Waals surface area contributed by atoms with Gasteiger partial charge in [-0.25, -0.2) is 0 Å². The number of fused-ring (bicyclic) bond motifs is 3. The molecule has 0 aromatic carbocycles. The molecule has 4 unspecified atom stereocenters. The van der Waals surface area contributed by atoms with Crippen molar-refractivity contribution in [3.8, 4) is 0 Å². The fourth-order valence-corrected chi connectivity index (χ4v) is 4.53. The lowest BCUT2D eigenvalue weighted by atomic mass is 9.46. The van der Waals surface area contributed by atoms with E-state index < -0.39 is 0 Å². The molecular formula is C13H22O. The molecule has 0 heterocycles. The Morgan fingerprint density at radius 3 is 2.57 bits per heavy atom. The Kier molecular flexibility index (Phi) is 1.96. The van der Waals surface area contributed by atoms with Crippen LogP contribution in [0.3, 0.4) is 0 Å². The van der Waals surface area contributed by atoms with Crippen LogP contribution in [0.5, 0.6) is 0 Å². The van der Waals surface area contributed by atoms with Crippen molar-refractivity contribution in [1.82, 2.24) is 0 Å². The molecule has 0 bridgehead atoms. The second kappa shape index (κ2) is 2.98. The lowest BCUT2D eigenvalue weighted by Gasteiger charge is -2.59. The summed E-state index contributed by atoms with van der Waals surface area (Å²) in [4.78, 5) is 0. The Bertz CT molecular complexity index is 237. The van der Waals surface area contributed by atoms with Gasteiger partial charge in [0.05, 0.1) is 6.10 Å². The van der Waals surface area contributed by atoms with Crippen LogP contribution in [0.15, 0.2) is 0 Å². The molecule has 1 nitrogen and oxygen atoms in total. The van der Waals surface area contributed by atoms with Crippen molar-refractivity contribution < 1.29 is 5.11 Å². The molecule has 0 aromatic rings. The van der Waals surface area contributed by atoms with Crippen LogP contribution >= 0.6 is 0 Å². The third-order valence-electron chi connectivity index (χ3n) is 5.66. The monoisotopic (exact) mass is 194 g/mol.